The van der Waals surface area contributed by atoms with E-state index in [4.69, 9.17) is 0 Å². The van der Waals surface area contributed by atoms with E-state index in [2.05, 4.69) is 21.0 Å². The van der Waals surface area contributed by atoms with E-state index >= 15 is 0 Å². The first kappa shape index (κ1) is 8.61. The van der Waals surface area contributed by atoms with Gasteiger partial charge in [-0.15, -0.1) is 11.3 Å². The van der Waals surface area contributed by atoms with Crippen molar-refractivity contribution in [3.63, 3.8) is 0 Å². The van der Waals surface area contributed by atoms with Crippen LogP contribution in [0.15, 0.2) is 29.1 Å². The average molecular weight is 215 g/mol. The maximum atomic E-state index is 4.48. The zero-order valence-corrected chi connectivity index (χ0v) is 9.01. The molecule has 0 fully saturated rings. The fraction of sp³-hybridized carbons (Fsp3) is 0.0909. The van der Waals surface area contributed by atoms with Crippen molar-refractivity contribution >= 4 is 22.4 Å². The van der Waals surface area contributed by atoms with Gasteiger partial charge in [-0.05, 0) is 13.0 Å². The van der Waals surface area contributed by atoms with Crippen molar-refractivity contribution in [2.75, 3.05) is 0 Å². The van der Waals surface area contributed by atoms with Gasteiger partial charge in [0.15, 0.2) is 0 Å². The van der Waals surface area contributed by atoms with E-state index in [1.54, 1.807) is 11.3 Å². The molecule has 1 N–H and O–H groups in total. The van der Waals surface area contributed by atoms with Crippen LogP contribution in [-0.4, -0.2) is 15.0 Å². The molecule has 2 heterocycles. The summed E-state index contributed by atoms with van der Waals surface area (Å²) in [7, 11) is 0. The molecule has 3 rings (SSSR count). The molecule has 74 valence electrons. The summed E-state index contributed by atoms with van der Waals surface area (Å²) >= 11 is 1.60. The highest BCUT2D eigenvalue weighted by molar-refractivity contribution is 7.07. The van der Waals surface area contributed by atoms with Gasteiger partial charge in [-0.2, -0.15) is 0 Å². The van der Waals surface area contributed by atoms with Crippen LogP contribution in [0.1, 0.15) is 5.82 Å². The van der Waals surface area contributed by atoms with Crippen LogP contribution in [0.3, 0.4) is 0 Å². The maximum Gasteiger partial charge on any atom is 0.104 e. The summed E-state index contributed by atoms with van der Waals surface area (Å²) in [6, 6.07) is 6.11. The molecule has 0 aliphatic rings. The van der Waals surface area contributed by atoms with Gasteiger partial charge < -0.3 is 4.98 Å². The number of aromatic nitrogens is 3. The molecular formula is C11H9N3S. The van der Waals surface area contributed by atoms with Crippen molar-refractivity contribution in [3.8, 4) is 11.3 Å². The number of imidazole rings is 1. The highest BCUT2D eigenvalue weighted by Crippen LogP contribution is 2.26. The second kappa shape index (κ2) is 3.17. The number of aromatic amines is 1. The Bertz CT molecular complexity index is 595. The largest absolute Gasteiger partial charge is 0.342 e. The smallest absolute Gasteiger partial charge is 0.104 e. The molecule has 0 atom stereocenters. The molecule has 4 heteroatoms. The molecule has 3 aromatic rings. The van der Waals surface area contributed by atoms with Crippen LogP contribution in [0.4, 0.5) is 0 Å². The van der Waals surface area contributed by atoms with E-state index in [1.165, 1.54) is 0 Å². The Hall–Kier alpha value is -1.68. The SMILES string of the molecule is Cc1nc2c(-c3cscn3)cccc2[nH]1. The molecule has 0 spiro atoms. The highest BCUT2D eigenvalue weighted by atomic mass is 32.1. The first-order chi connectivity index (χ1) is 7.34. The Balaban J connectivity index is 2.35. The van der Waals surface area contributed by atoms with E-state index in [1.807, 2.05) is 29.9 Å². The Morgan fingerprint density at radius 2 is 2.27 bits per heavy atom. The van der Waals surface area contributed by atoms with Gasteiger partial charge in [0.25, 0.3) is 0 Å². The molecule has 1 aromatic carbocycles. The van der Waals surface area contributed by atoms with Gasteiger partial charge in [-0.3, -0.25) is 0 Å². The predicted molar refractivity (Wildman–Crippen MR) is 61.9 cm³/mol. The summed E-state index contributed by atoms with van der Waals surface area (Å²) < 4.78 is 0. The number of para-hydroxylation sites is 1. The van der Waals surface area contributed by atoms with E-state index in [0.717, 1.165) is 28.1 Å². The minimum absolute atomic E-state index is 0.938. The Labute approximate surface area is 90.8 Å². The third-order valence-corrected chi connectivity index (χ3v) is 2.93. The lowest BCUT2D eigenvalue weighted by Gasteiger charge is -1.96. The molecule has 3 nitrogen and oxygen atoms in total. The van der Waals surface area contributed by atoms with Crippen LogP contribution >= 0.6 is 11.3 Å². The number of thiazole rings is 1. The van der Waals surface area contributed by atoms with Gasteiger partial charge >= 0.3 is 0 Å². The predicted octanol–water partition coefficient (Wildman–Crippen LogP) is 2.99. The zero-order valence-electron chi connectivity index (χ0n) is 8.19. The normalized spacial score (nSPS) is 11.0. The maximum absolute atomic E-state index is 4.48. The summed E-state index contributed by atoms with van der Waals surface area (Å²) in [5, 5.41) is 2.04. The molecule has 0 bridgehead atoms. The molecule has 2 aromatic heterocycles. The summed E-state index contributed by atoms with van der Waals surface area (Å²) in [5.41, 5.74) is 6.00. The summed E-state index contributed by atoms with van der Waals surface area (Å²) in [6.07, 6.45) is 0. The third kappa shape index (κ3) is 1.34. The lowest BCUT2D eigenvalue weighted by Crippen LogP contribution is -1.79. The van der Waals surface area contributed by atoms with Crippen LogP contribution < -0.4 is 0 Å². The summed E-state index contributed by atoms with van der Waals surface area (Å²) in [5.74, 6) is 0.938. The molecule has 0 amide bonds. The van der Waals surface area contributed by atoms with Gasteiger partial charge in [0.05, 0.1) is 22.2 Å². The first-order valence-electron chi connectivity index (χ1n) is 4.68. The molecule has 0 aliphatic carbocycles. The van der Waals surface area contributed by atoms with Crippen LogP contribution in [0, 0.1) is 6.92 Å². The second-order valence-corrected chi connectivity index (χ2v) is 4.12. The average Bonchev–Trinajstić information content (AvgIpc) is 2.82. The Morgan fingerprint density at radius 1 is 1.33 bits per heavy atom. The lowest BCUT2D eigenvalue weighted by molar-refractivity contribution is 1.17. The fourth-order valence-corrected chi connectivity index (χ4v) is 2.26. The monoisotopic (exact) mass is 215 g/mol. The van der Waals surface area contributed by atoms with Crippen molar-refractivity contribution in [1.29, 1.82) is 0 Å². The van der Waals surface area contributed by atoms with E-state index in [0.29, 0.717) is 0 Å². The van der Waals surface area contributed by atoms with Crippen molar-refractivity contribution in [2.24, 2.45) is 0 Å². The number of nitrogens with one attached hydrogen (secondary N) is 1. The van der Waals surface area contributed by atoms with E-state index in [9.17, 15) is 0 Å². The van der Waals surface area contributed by atoms with Gasteiger partial charge in [-0.25, -0.2) is 9.97 Å². The van der Waals surface area contributed by atoms with Gasteiger partial charge in [0, 0.05) is 10.9 Å². The number of H-pyrrole nitrogens is 1. The number of rotatable bonds is 1. The quantitative estimate of drug-likeness (QED) is 0.678. The van der Waals surface area contributed by atoms with Gasteiger partial charge in [0.2, 0.25) is 0 Å². The molecule has 0 unspecified atom stereocenters. The Kier molecular flexibility index (Phi) is 1.82. The van der Waals surface area contributed by atoms with Crippen LogP contribution in [0.5, 0.6) is 0 Å². The standard InChI is InChI=1S/C11H9N3S/c1-7-13-9-4-2-3-8(11(9)14-7)10-5-15-6-12-10/h2-6H,1H3,(H,13,14). The fourth-order valence-electron chi connectivity index (χ4n) is 1.71. The molecular weight excluding hydrogens is 206 g/mol. The minimum atomic E-state index is 0.938. The molecule has 0 aliphatic heterocycles. The topological polar surface area (TPSA) is 41.6 Å². The zero-order chi connectivity index (χ0) is 10.3. The van der Waals surface area contributed by atoms with Crippen molar-refractivity contribution in [1.82, 2.24) is 15.0 Å². The molecule has 0 saturated carbocycles. The number of benzene rings is 1. The lowest BCUT2D eigenvalue weighted by atomic mass is 10.1. The van der Waals surface area contributed by atoms with Crippen molar-refractivity contribution < 1.29 is 0 Å². The molecule has 0 saturated heterocycles. The van der Waals surface area contributed by atoms with Crippen molar-refractivity contribution in [3.05, 3.63) is 34.9 Å². The Morgan fingerprint density at radius 3 is 3.07 bits per heavy atom. The van der Waals surface area contributed by atoms with Crippen molar-refractivity contribution in [2.45, 2.75) is 6.92 Å². The summed E-state index contributed by atoms with van der Waals surface area (Å²) in [6.45, 7) is 1.96. The van der Waals surface area contributed by atoms with Crippen LogP contribution in [-0.2, 0) is 0 Å². The minimum Gasteiger partial charge on any atom is -0.342 e. The van der Waals surface area contributed by atoms with Crippen LogP contribution in [0.2, 0.25) is 0 Å². The second-order valence-electron chi connectivity index (χ2n) is 3.40. The van der Waals surface area contributed by atoms with Gasteiger partial charge in [-0.1, -0.05) is 12.1 Å². The third-order valence-electron chi connectivity index (χ3n) is 2.34. The van der Waals surface area contributed by atoms with Gasteiger partial charge in [0.1, 0.15) is 5.82 Å². The number of fused-ring (bicyclic) bond motifs is 1. The first-order valence-corrected chi connectivity index (χ1v) is 5.63. The van der Waals surface area contributed by atoms with E-state index in [-0.39, 0.29) is 0 Å². The number of hydrogen-bond acceptors (Lipinski definition) is 3. The number of aryl methyl sites for hydroxylation is 1. The highest BCUT2D eigenvalue weighted by Gasteiger charge is 2.08. The van der Waals surface area contributed by atoms with E-state index < -0.39 is 0 Å². The summed E-state index contributed by atoms with van der Waals surface area (Å²) in [4.78, 5) is 12.0. The number of hydrogen-bond donors (Lipinski definition) is 1. The molecule has 0 radical (unpaired) electrons. The number of nitrogens with zero attached hydrogens (tertiary/aromatic N) is 2. The molecule has 15 heavy (non-hydrogen) atoms. The van der Waals surface area contributed by atoms with Crippen LogP contribution in [0.25, 0.3) is 22.3 Å².